The molecule has 4 nitrogen and oxygen atoms in total. The van der Waals surface area contributed by atoms with E-state index in [0.29, 0.717) is 6.54 Å². The molecule has 20 heavy (non-hydrogen) atoms. The summed E-state index contributed by atoms with van der Waals surface area (Å²) in [6.45, 7) is 1.21. The number of halogens is 1. The van der Waals surface area contributed by atoms with Crippen molar-refractivity contribution >= 4 is 21.7 Å². The molecule has 0 spiro atoms. The molecular formula is C15H18BrN3O. The molecule has 0 radical (unpaired) electrons. The fourth-order valence-electron chi connectivity index (χ4n) is 2.09. The van der Waals surface area contributed by atoms with E-state index in [2.05, 4.69) is 31.9 Å². The monoisotopic (exact) mass is 335 g/mol. The molecule has 2 rings (SSSR count). The van der Waals surface area contributed by atoms with Crippen LogP contribution in [0.2, 0.25) is 0 Å². The summed E-state index contributed by atoms with van der Waals surface area (Å²) in [7, 11) is 3.68. The molecule has 2 aromatic rings. The Hall–Kier alpha value is -1.59. The number of nitrogens with two attached hydrogens (primary N) is 1. The van der Waals surface area contributed by atoms with Crippen LogP contribution in [0.1, 0.15) is 11.1 Å². The number of anilines is 1. The van der Waals surface area contributed by atoms with Crippen LogP contribution in [-0.4, -0.2) is 19.1 Å². The molecule has 1 aromatic heterocycles. The Labute approximate surface area is 127 Å². The number of hydrogen-bond acceptors (Lipinski definition) is 4. The first kappa shape index (κ1) is 14.8. The average molecular weight is 336 g/mol. The summed E-state index contributed by atoms with van der Waals surface area (Å²) < 4.78 is 6.18. The Kier molecular flexibility index (Phi) is 4.98. The molecule has 0 bridgehead atoms. The highest BCUT2D eigenvalue weighted by molar-refractivity contribution is 9.10. The van der Waals surface area contributed by atoms with Crippen molar-refractivity contribution in [1.29, 1.82) is 0 Å². The van der Waals surface area contributed by atoms with Crippen molar-refractivity contribution < 1.29 is 4.74 Å². The lowest BCUT2D eigenvalue weighted by Gasteiger charge is -2.21. The molecule has 1 heterocycles. The van der Waals surface area contributed by atoms with Crippen LogP contribution in [0.5, 0.6) is 5.75 Å². The molecule has 1 aromatic carbocycles. The molecule has 0 aliphatic carbocycles. The fourth-order valence-corrected chi connectivity index (χ4v) is 2.47. The summed E-state index contributed by atoms with van der Waals surface area (Å²) in [4.78, 5) is 6.54. The molecule has 0 aliphatic heterocycles. The Bertz CT molecular complexity index is 589. The predicted octanol–water partition coefficient (Wildman–Crippen LogP) is 2.95. The van der Waals surface area contributed by atoms with Crippen LogP contribution in [-0.2, 0) is 13.1 Å². The van der Waals surface area contributed by atoms with Crippen LogP contribution in [0.15, 0.2) is 41.0 Å². The van der Waals surface area contributed by atoms with Gasteiger partial charge in [0.05, 0.1) is 7.11 Å². The van der Waals surface area contributed by atoms with Crippen LogP contribution >= 0.6 is 15.9 Å². The summed E-state index contributed by atoms with van der Waals surface area (Å²) in [5, 5.41) is 0. The number of benzene rings is 1. The van der Waals surface area contributed by atoms with Gasteiger partial charge in [-0.25, -0.2) is 4.98 Å². The summed E-state index contributed by atoms with van der Waals surface area (Å²) >= 11 is 3.42. The molecule has 106 valence electrons. The van der Waals surface area contributed by atoms with Gasteiger partial charge in [-0.2, -0.15) is 0 Å². The number of aromatic nitrogens is 1. The van der Waals surface area contributed by atoms with E-state index in [1.807, 2.05) is 31.3 Å². The van der Waals surface area contributed by atoms with Crippen molar-refractivity contribution in [2.75, 3.05) is 19.1 Å². The van der Waals surface area contributed by atoms with Gasteiger partial charge in [0.15, 0.2) is 0 Å². The number of methoxy groups -OCH3 is 1. The lowest BCUT2D eigenvalue weighted by molar-refractivity contribution is 0.414. The zero-order valence-electron chi connectivity index (χ0n) is 11.6. The number of nitrogens with zero attached hydrogens (tertiary/aromatic N) is 2. The number of rotatable bonds is 5. The first-order valence-electron chi connectivity index (χ1n) is 6.32. The van der Waals surface area contributed by atoms with E-state index >= 15 is 0 Å². The molecule has 5 heteroatoms. The van der Waals surface area contributed by atoms with Gasteiger partial charge in [-0.3, -0.25) is 0 Å². The van der Waals surface area contributed by atoms with Crippen LogP contribution in [0.3, 0.4) is 0 Å². The van der Waals surface area contributed by atoms with Gasteiger partial charge in [-0.1, -0.05) is 12.1 Å². The third-order valence-electron chi connectivity index (χ3n) is 3.04. The third-order valence-corrected chi connectivity index (χ3v) is 3.48. The molecule has 0 amide bonds. The minimum Gasteiger partial charge on any atom is -0.497 e. The summed E-state index contributed by atoms with van der Waals surface area (Å²) in [5.41, 5.74) is 7.97. The molecule has 0 aliphatic rings. The Morgan fingerprint density at radius 3 is 2.85 bits per heavy atom. The summed E-state index contributed by atoms with van der Waals surface area (Å²) in [5.74, 6) is 1.76. The largest absolute Gasteiger partial charge is 0.497 e. The highest BCUT2D eigenvalue weighted by atomic mass is 79.9. The van der Waals surface area contributed by atoms with E-state index in [4.69, 9.17) is 10.5 Å². The Balaban J connectivity index is 2.21. The van der Waals surface area contributed by atoms with Crippen LogP contribution in [0, 0.1) is 0 Å². The van der Waals surface area contributed by atoms with Gasteiger partial charge in [-0.15, -0.1) is 0 Å². The first-order valence-corrected chi connectivity index (χ1v) is 7.12. The molecule has 0 atom stereocenters. The smallest absolute Gasteiger partial charge is 0.133 e. The summed E-state index contributed by atoms with van der Waals surface area (Å²) in [6, 6.07) is 10.0. The topological polar surface area (TPSA) is 51.4 Å². The van der Waals surface area contributed by atoms with Crippen molar-refractivity contribution in [1.82, 2.24) is 4.98 Å². The number of hydrogen-bond donors (Lipinski definition) is 1. The SMILES string of the molecule is COc1cccc(CN(C)c2ncc(Br)cc2CN)c1. The highest BCUT2D eigenvalue weighted by Crippen LogP contribution is 2.22. The number of ether oxygens (including phenoxy) is 1. The van der Waals surface area contributed by atoms with E-state index in [0.717, 1.165) is 28.1 Å². The number of pyridine rings is 1. The van der Waals surface area contributed by atoms with Gasteiger partial charge >= 0.3 is 0 Å². The lowest BCUT2D eigenvalue weighted by Crippen LogP contribution is -2.20. The van der Waals surface area contributed by atoms with Crippen molar-refractivity contribution in [2.24, 2.45) is 5.73 Å². The maximum Gasteiger partial charge on any atom is 0.133 e. The van der Waals surface area contributed by atoms with Crippen LogP contribution in [0.4, 0.5) is 5.82 Å². The van der Waals surface area contributed by atoms with Gasteiger partial charge in [0.1, 0.15) is 11.6 Å². The maximum atomic E-state index is 5.79. The van der Waals surface area contributed by atoms with Crippen molar-refractivity contribution in [2.45, 2.75) is 13.1 Å². The van der Waals surface area contributed by atoms with Crippen LogP contribution in [0.25, 0.3) is 0 Å². The molecule has 0 saturated heterocycles. The normalized spacial score (nSPS) is 10.4. The average Bonchev–Trinajstić information content (AvgIpc) is 2.47. The quantitative estimate of drug-likeness (QED) is 0.912. The Morgan fingerprint density at radius 2 is 2.15 bits per heavy atom. The Morgan fingerprint density at radius 1 is 1.35 bits per heavy atom. The zero-order valence-corrected chi connectivity index (χ0v) is 13.2. The summed E-state index contributed by atoms with van der Waals surface area (Å²) in [6.07, 6.45) is 1.79. The lowest BCUT2D eigenvalue weighted by atomic mass is 10.2. The van der Waals surface area contributed by atoms with E-state index in [1.54, 1.807) is 13.3 Å². The molecule has 0 unspecified atom stereocenters. The molecular weight excluding hydrogens is 318 g/mol. The van der Waals surface area contributed by atoms with E-state index in [-0.39, 0.29) is 0 Å². The van der Waals surface area contributed by atoms with Gasteiger partial charge in [0.2, 0.25) is 0 Å². The standard InChI is InChI=1S/C15H18BrN3O/c1-19(10-11-4-3-5-14(6-11)20-2)15-12(8-17)7-13(16)9-18-15/h3-7,9H,8,10,17H2,1-2H3. The van der Waals surface area contributed by atoms with Crippen LogP contribution < -0.4 is 15.4 Å². The van der Waals surface area contributed by atoms with Crippen molar-refractivity contribution in [3.63, 3.8) is 0 Å². The van der Waals surface area contributed by atoms with Crippen molar-refractivity contribution in [3.8, 4) is 5.75 Å². The second-order valence-electron chi connectivity index (χ2n) is 4.55. The second-order valence-corrected chi connectivity index (χ2v) is 5.46. The van der Waals surface area contributed by atoms with Crippen molar-refractivity contribution in [3.05, 3.63) is 52.1 Å². The van der Waals surface area contributed by atoms with E-state index in [1.165, 1.54) is 5.56 Å². The van der Waals surface area contributed by atoms with Gasteiger partial charge in [-0.05, 0) is 39.7 Å². The maximum absolute atomic E-state index is 5.79. The fraction of sp³-hybridized carbons (Fsp3) is 0.267. The zero-order chi connectivity index (χ0) is 14.5. The third kappa shape index (κ3) is 3.49. The van der Waals surface area contributed by atoms with Gasteiger partial charge in [0, 0.05) is 36.4 Å². The minimum atomic E-state index is 0.463. The first-order chi connectivity index (χ1) is 9.63. The minimum absolute atomic E-state index is 0.463. The van der Waals surface area contributed by atoms with Gasteiger partial charge in [0.25, 0.3) is 0 Å². The molecule has 0 saturated carbocycles. The highest BCUT2D eigenvalue weighted by Gasteiger charge is 2.09. The molecule has 2 N–H and O–H groups in total. The van der Waals surface area contributed by atoms with E-state index in [9.17, 15) is 0 Å². The molecule has 0 fully saturated rings. The van der Waals surface area contributed by atoms with E-state index < -0.39 is 0 Å². The predicted molar refractivity (Wildman–Crippen MR) is 84.9 cm³/mol. The van der Waals surface area contributed by atoms with Gasteiger partial charge < -0.3 is 15.4 Å². The second kappa shape index (κ2) is 6.72.